The first-order valence-electron chi connectivity index (χ1n) is 5.45. The maximum atomic E-state index is 13.6. The maximum Gasteiger partial charge on any atom is 0.326 e. The number of carboxylic acids is 1. The molecule has 0 aliphatic heterocycles. The first-order chi connectivity index (χ1) is 8.47. The Hall–Kier alpha value is -1.43. The van der Waals surface area contributed by atoms with Crippen LogP contribution in [0.5, 0.6) is 0 Å². The molecule has 0 aliphatic rings. The molecule has 1 unspecified atom stereocenters. The Morgan fingerprint density at radius 2 is 2.17 bits per heavy atom. The molecular weight excluding hydrogens is 305 g/mol. The molecule has 0 radical (unpaired) electrons. The van der Waals surface area contributed by atoms with Gasteiger partial charge in [0.2, 0.25) is 0 Å². The van der Waals surface area contributed by atoms with E-state index in [2.05, 4.69) is 21.2 Å². The minimum absolute atomic E-state index is 0.164. The predicted molar refractivity (Wildman–Crippen MR) is 67.9 cm³/mol. The van der Waals surface area contributed by atoms with Gasteiger partial charge in [0, 0.05) is 0 Å². The average molecular weight is 318 g/mol. The number of carboxylic acid groups (broad SMARTS) is 1. The molecule has 1 aromatic rings. The third-order valence-corrected chi connectivity index (χ3v) is 2.99. The summed E-state index contributed by atoms with van der Waals surface area (Å²) in [5, 5.41) is 11.2. The molecule has 1 atom stereocenters. The van der Waals surface area contributed by atoms with Crippen LogP contribution >= 0.6 is 15.9 Å². The lowest BCUT2D eigenvalue weighted by molar-refractivity contribution is -0.139. The van der Waals surface area contributed by atoms with Crippen molar-refractivity contribution in [1.29, 1.82) is 0 Å². The summed E-state index contributed by atoms with van der Waals surface area (Å²) in [6, 6.07) is 3.28. The second-order valence-electron chi connectivity index (χ2n) is 3.75. The molecule has 0 aliphatic carbocycles. The van der Waals surface area contributed by atoms with Crippen molar-refractivity contribution in [1.82, 2.24) is 5.32 Å². The Labute approximate surface area is 112 Å². The van der Waals surface area contributed by atoms with E-state index in [9.17, 15) is 14.0 Å². The van der Waals surface area contributed by atoms with Crippen LogP contribution in [0.25, 0.3) is 0 Å². The molecule has 98 valence electrons. The van der Waals surface area contributed by atoms with Gasteiger partial charge in [-0.05, 0) is 34.5 Å². The van der Waals surface area contributed by atoms with E-state index in [4.69, 9.17) is 5.11 Å². The topological polar surface area (TPSA) is 66.4 Å². The number of carbonyl (C=O) groups excluding carboxylic acids is 1. The first-order valence-corrected chi connectivity index (χ1v) is 6.24. The quantitative estimate of drug-likeness (QED) is 0.877. The summed E-state index contributed by atoms with van der Waals surface area (Å²) in [5.41, 5.74) is -0.174. The fourth-order valence-electron chi connectivity index (χ4n) is 1.46. The number of hydrogen-bond donors (Lipinski definition) is 2. The second kappa shape index (κ2) is 6.49. The Balaban J connectivity index is 2.87. The molecule has 18 heavy (non-hydrogen) atoms. The van der Waals surface area contributed by atoms with Crippen molar-refractivity contribution < 1.29 is 19.1 Å². The number of rotatable bonds is 5. The minimum atomic E-state index is -1.12. The SMILES string of the molecule is CCCC(NC(=O)c1cccc(Br)c1F)C(=O)O. The highest BCUT2D eigenvalue weighted by Crippen LogP contribution is 2.18. The van der Waals surface area contributed by atoms with Crippen LogP contribution in [0, 0.1) is 5.82 Å². The largest absolute Gasteiger partial charge is 0.480 e. The summed E-state index contributed by atoms with van der Waals surface area (Å²) in [5.74, 6) is -2.55. The summed E-state index contributed by atoms with van der Waals surface area (Å²) in [6.45, 7) is 1.81. The highest BCUT2D eigenvalue weighted by molar-refractivity contribution is 9.10. The van der Waals surface area contributed by atoms with Crippen LogP contribution in [0.15, 0.2) is 22.7 Å². The van der Waals surface area contributed by atoms with Gasteiger partial charge in [-0.25, -0.2) is 9.18 Å². The molecule has 0 heterocycles. The van der Waals surface area contributed by atoms with Gasteiger partial charge in [-0.3, -0.25) is 4.79 Å². The van der Waals surface area contributed by atoms with Gasteiger partial charge in [0.15, 0.2) is 0 Å². The highest BCUT2D eigenvalue weighted by atomic mass is 79.9. The Morgan fingerprint density at radius 1 is 1.50 bits per heavy atom. The number of amides is 1. The zero-order valence-corrected chi connectivity index (χ0v) is 11.3. The van der Waals surface area contributed by atoms with Gasteiger partial charge in [0.25, 0.3) is 5.91 Å². The molecule has 0 bridgehead atoms. The Kier molecular flexibility index (Phi) is 5.27. The summed E-state index contributed by atoms with van der Waals surface area (Å²) in [6.07, 6.45) is 0.912. The second-order valence-corrected chi connectivity index (χ2v) is 4.61. The van der Waals surface area contributed by atoms with Crippen molar-refractivity contribution in [2.75, 3.05) is 0 Å². The lowest BCUT2D eigenvalue weighted by Crippen LogP contribution is -2.41. The van der Waals surface area contributed by atoms with E-state index in [-0.39, 0.29) is 10.0 Å². The molecule has 1 amide bonds. The predicted octanol–water partition coefficient (Wildman–Crippen LogP) is 2.57. The van der Waals surface area contributed by atoms with E-state index < -0.39 is 23.7 Å². The number of carbonyl (C=O) groups is 2. The molecule has 1 rings (SSSR count). The van der Waals surface area contributed by atoms with Crippen LogP contribution in [0.1, 0.15) is 30.1 Å². The summed E-state index contributed by atoms with van der Waals surface area (Å²) < 4.78 is 13.8. The molecule has 0 saturated heterocycles. The highest BCUT2D eigenvalue weighted by Gasteiger charge is 2.21. The van der Waals surface area contributed by atoms with E-state index in [0.29, 0.717) is 12.8 Å². The normalized spacial score (nSPS) is 11.9. The van der Waals surface area contributed by atoms with Crippen LogP contribution in [0.4, 0.5) is 4.39 Å². The van der Waals surface area contributed by atoms with E-state index in [1.165, 1.54) is 18.2 Å². The third kappa shape index (κ3) is 3.53. The van der Waals surface area contributed by atoms with Crippen LogP contribution < -0.4 is 5.32 Å². The standard InChI is InChI=1S/C12H13BrFNO3/c1-2-4-9(12(17)18)15-11(16)7-5-3-6-8(13)10(7)14/h3,5-6,9H,2,4H2,1H3,(H,15,16)(H,17,18). The van der Waals surface area contributed by atoms with Crippen molar-refractivity contribution in [2.45, 2.75) is 25.8 Å². The number of halogens is 2. The van der Waals surface area contributed by atoms with E-state index in [1.54, 1.807) is 0 Å². The fourth-order valence-corrected chi connectivity index (χ4v) is 1.83. The van der Waals surface area contributed by atoms with Crippen LogP contribution in [0.2, 0.25) is 0 Å². The molecule has 2 N–H and O–H groups in total. The van der Waals surface area contributed by atoms with Gasteiger partial charge in [-0.15, -0.1) is 0 Å². The van der Waals surface area contributed by atoms with Gasteiger partial charge in [-0.2, -0.15) is 0 Å². The van der Waals surface area contributed by atoms with Crippen molar-refractivity contribution in [2.24, 2.45) is 0 Å². The molecule has 0 saturated carbocycles. The number of benzene rings is 1. The summed E-state index contributed by atoms with van der Waals surface area (Å²) in [7, 11) is 0. The lowest BCUT2D eigenvalue weighted by atomic mass is 10.1. The fraction of sp³-hybridized carbons (Fsp3) is 0.333. The van der Waals surface area contributed by atoms with Gasteiger partial charge in [0.05, 0.1) is 10.0 Å². The number of nitrogens with one attached hydrogen (secondary N) is 1. The smallest absolute Gasteiger partial charge is 0.326 e. The molecule has 0 fully saturated rings. The van der Waals surface area contributed by atoms with E-state index >= 15 is 0 Å². The zero-order chi connectivity index (χ0) is 13.7. The Bertz CT molecular complexity index is 465. The summed E-state index contributed by atoms with van der Waals surface area (Å²) in [4.78, 5) is 22.7. The molecular formula is C12H13BrFNO3. The summed E-state index contributed by atoms with van der Waals surface area (Å²) >= 11 is 2.97. The molecule has 4 nitrogen and oxygen atoms in total. The van der Waals surface area contributed by atoms with Gasteiger partial charge in [-0.1, -0.05) is 19.4 Å². The minimum Gasteiger partial charge on any atom is -0.480 e. The molecule has 0 spiro atoms. The maximum absolute atomic E-state index is 13.6. The van der Waals surface area contributed by atoms with Crippen LogP contribution in [0.3, 0.4) is 0 Å². The monoisotopic (exact) mass is 317 g/mol. The van der Waals surface area contributed by atoms with E-state index in [1.807, 2.05) is 6.92 Å². The van der Waals surface area contributed by atoms with Crippen molar-refractivity contribution in [3.05, 3.63) is 34.1 Å². The molecule has 6 heteroatoms. The lowest BCUT2D eigenvalue weighted by Gasteiger charge is -2.14. The van der Waals surface area contributed by atoms with Crippen molar-refractivity contribution >= 4 is 27.8 Å². The molecule has 1 aromatic carbocycles. The average Bonchev–Trinajstić information content (AvgIpc) is 2.31. The van der Waals surface area contributed by atoms with Crippen LogP contribution in [-0.4, -0.2) is 23.0 Å². The van der Waals surface area contributed by atoms with Gasteiger partial charge < -0.3 is 10.4 Å². The first kappa shape index (κ1) is 14.6. The van der Waals surface area contributed by atoms with E-state index in [0.717, 1.165) is 0 Å². The Morgan fingerprint density at radius 3 is 2.72 bits per heavy atom. The molecule has 0 aromatic heterocycles. The zero-order valence-electron chi connectivity index (χ0n) is 9.74. The third-order valence-electron chi connectivity index (χ3n) is 2.38. The van der Waals surface area contributed by atoms with Crippen molar-refractivity contribution in [3.63, 3.8) is 0 Å². The van der Waals surface area contributed by atoms with Crippen LogP contribution in [-0.2, 0) is 4.79 Å². The van der Waals surface area contributed by atoms with Crippen molar-refractivity contribution in [3.8, 4) is 0 Å². The number of hydrogen-bond acceptors (Lipinski definition) is 2. The van der Waals surface area contributed by atoms with Gasteiger partial charge >= 0.3 is 5.97 Å². The number of aliphatic carboxylic acids is 1. The van der Waals surface area contributed by atoms with Gasteiger partial charge in [0.1, 0.15) is 11.9 Å².